The van der Waals surface area contributed by atoms with Crippen molar-refractivity contribution in [2.45, 2.75) is 26.3 Å². The highest BCUT2D eigenvalue weighted by Crippen LogP contribution is 2.25. The van der Waals surface area contributed by atoms with Crippen LogP contribution in [-0.4, -0.2) is 33.8 Å². The highest BCUT2D eigenvalue weighted by Gasteiger charge is 2.11. The van der Waals surface area contributed by atoms with Crippen molar-refractivity contribution in [2.24, 2.45) is 4.99 Å². The number of benzene rings is 2. The SMILES string of the molecule is CN=C(NCc1ccc(COC)cc1)NCc1cc(OC)ccc1OC(F)F.I. The molecule has 0 saturated carbocycles. The lowest BCUT2D eigenvalue weighted by molar-refractivity contribution is -0.0504. The average molecular weight is 521 g/mol. The van der Waals surface area contributed by atoms with Crippen LogP contribution in [0.5, 0.6) is 11.5 Å². The lowest BCUT2D eigenvalue weighted by Crippen LogP contribution is -2.36. The zero-order valence-electron chi connectivity index (χ0n) is 16.6. The summed E-state index contributed by atoms with van der Waals surface area (Å²) in [5.74, 6) is 1.18. The third kappa shape index (κ3) is 8.40. The maximum atomic E-state index is 12.6. The van der Waals surface area contributed by atoms with Gasteiger partial charge in [0.1, 0.15) is 11.5 Å². The third-order valence-electron chi connectivity index (χ3n) is 3.95. The van der Waals surface area contributed by atoms with Gasteiger partial charge in [-0.05, 0) is 29.3 Å². The van der Waals surface area contributed by atoms with Gasteiger partial charge in [0.05, 0.1) is 13.7 Å². The molecule has 0 fully saturated rings. The second-order valence-electron chi connectivity index (χ2n) is 5.88. The molecule has 0 spiro atoms. The standard InChI is InChI=1S/C20H25F2N3O3.HI/c1-23-20(24-11-14-4-6-15(7-5-14)13-26-2)25-12-16-10-17(27-3)8-9-18(16)28-19(21)22;/h4-10,19H,11-13H2,1-3H3,(H2,23,24,25);1H. The molecular weight excluding hydrogens is 495 g/mol. The van der Waals surface area contributed by atoms with Crippen molar-refractivity contribution in [3.8, 4) is 11.5 Å². The molecule has 6 nitrogen and oxygen atoms in total. The first-order chi connectivity index (χ1) is 13.5. The van der Waals surface area contributed by atoms with Crippen LogP contribution in [0.3, 0.4) is 0 Å². The quantitative estimate of drug-likeness (QED) is 0.298. The van der Waals surface area contributed by atoms with Gasteiger partial charge in [-0.2, -0.15) is 8.78 Å². The minimum absolute atomic E-state index is 0. The Morgan fingerprint density at radius 3 is 2.24 bits per heavy atom. The summed E-state index contributed by atoms with van der Waals surface area (Å²) in [5.41, 5.74) is 2.70. The summed E-state index contributed by atoms with van der Waals surface area (Å²) in [4.78, 5) is 4.15. The van der Waals surface area contributed by atoms with Crippen molar-refractivity contribution < 1.29 is 23.0 Å². The molecule has 29 heavy (non-hydrogen) atoms. The van der Waals surface area contributed by atoms with E-state index < -0.39 is 6.61 Å². The van der Waals surface area contributed by atoms with Gasteiger partial charge in [-0.3, -0.25) is 4.99 Å². The molecule has 0 aliphatic carbocycles. The van der Waals surface area contributed by atoms with Crippen LogP contribution in [-0.2, 0) is 24.4 Å². The van der Waals surface area contributed by atoms with Crippen LogP contribution < -0.4 is 20.1 Å². The maximum absolute atomic E-state index is 12.6. The van der Waals surface area contributed by atoms with Crippen LogP contribution in [0.4, 0.5) is 8.78 Å². The van der Waals surface area contributed by atoms with Crippen molar-refractivity contribution in [2.75, 3.05) is 21.3 Å². The lowest BCUT2D eigenvalue weighted by atomic mass is 10.1. The number of guanidine groups is 1. The number of methoxy groups -OCH3 is 2. The van der Waals surface area contributed by atoms with Crippen LogP contribution in [0.1, 0.15) is 16.7 Å². The monoisotopic (exact) mass is 521 g/mol. The van der Waals surface area contributed by atoms with E-state index in [2.05, 4.69) is 20.4 Å². The fourth-order valence-corrected chi connectivity index (χ4v) is 2.54. The second-order valence-corrected chi connectivity index (χ2v) is 5.88. The van der Waals surface area contributed by atoms with Gasteiger partial charge < -0.3 is 24.8 Å². The van der Waals surface area contributed by atoms with E-state index in [0.717, 1.165) is 11.1 Å². The van der Waals surface area contributed by atoms with Gasteiger partial charge in [-0.1, -0.05) is 24.3 Å². The van der Waals surface area contributed by atoms with Gasteiger partial charge in [0.25, 0.3) is 0 Å². The summed E-state index contributed by atoms with van der Waals surface area (Å²) < 4.78 is 40.1. The number of nitrogens with zero attached hydrogens (tertiary/aromatic N) is 1. The topological polar surface area (TPSA) is 64.1 Å². The number of alkyl halides is 2. The van der Waals surface area contributed by atoms with Gasteiger partial charge in [-0.15, -0.1) is 24.0 Å². The molecule has 0 bridgehead atoms. The van der Waals surface area contributed by atoms with Gasteiger partial charge in [0.2, 0.25) is 0 Å². The van der Waals surface area contributed by atoms with E-state index in [9.17, 15) is 8.78 Å². The predicted molar refractivity (Wildman–Crippen MR) is 119 cm³/mol. The fraction of sp³-hybridized carbons (Fsp3) is 0.350. The Morgan fingerprint density at radius 1 is 1.00 bits per heavy atom. The molecule has 2 rings (SSSR count). The van der Waals surface area contributed by atoms with Crippen LogP contribution in [0.15, 0.2) is 47.5 Å². The molecule has 0 amide bonds. The Balaban J connectivity index is 0.00000420. The molecule has 160 valence electrons. The number of rotatable bonds is 9. The van der Waals surface area contributed by atoms with E-state index in [1.807, 2.05) is 24.3 Å². The lowest BCUT2D eigenvalue weighted by Gasteiger charge is -2.15. The summed E-state index contributed by atoms with van der Waals surface area (Å²) in [6, 6.07) is 12.7. The molecule has 0 aliphatic rings. The van der Waals surface area contributed by atoms with Crippen LogP contribution >= 0.6 is 24.0 Å². The van der Waals surface area contributed by atoms with E-state index in [1.165, 1.54) is 13.2 Å². The number of nitrogens with one attached hydrogen (secondary N) is 2. The Morgan fingerprint density at radius 2 is 1.66 bits per heavy atom. The first-order valence-corrected chi connectivity index (χ1v) is 8.68. The Hall–Kier alpha value is -2.14. The summed E-state index contributed by atoms with van der Waals surface area (Å²) in [6.07, 6.45) is 0. The van der Waals surface area contributed by atoms with Crippen molar-refractivity contribution in [1.29, 1.82) is 0 Å². The molecule has 2 N–H and O–H groups in total. The normalized spacial score (nSPS) is 11.0. The average Bonchev–Trinajstić information content (AvgIpc) is 2.70. The molecule has 9 heteroatoms. The Bertz CT molecular complexity index is 774. The van der Waals surface area contributed by atoms with Crippen LogP contribution in [0.25, 0.3) is 0 Å². The summed E-state index contributed by atoms with van der Waals surface area (Å²) >= 11 is 0. The number of ether oxygens (including phenoxy) is 3. The van der Waals surface area contributed by atoms with E-state index in [1.54, 1.807) is 26.3 Å². The predicted octanol–water partition coefficient (Wildman–Crippen LogP) is 3.93. The van der Waals surface area contributed by atoms with Gasteiger partial charge >= 0.3 is 6.61 Å². The van der Waals surface area contributed by atoms with Crippen molar-refractivity contribution in [3.05, 3.63) is 59.2 Å². The molecule has 0 aliphatic heterocycles. The molecule has 0 radical (unpaired) electrons. The highest BCUT2D eigenvalue weighted by molar-refractivity contribution is 14.0. The number of aliphatic imine (C=N–C) groups is 1. The minimum Gasteiger partial charge on any atom is -0.497 e. The zero-order chi connectivity index (χ0) is 20.4. The van der Waals surface area contributed by atoms with Crippen LogP contribution in [0, 0.1) is 0 Å². The van der Waals surface area contributed by atoms with Crippen molar-refractivity contribution >= 4 is 29.9 Å². The summed E-state index contributed by atoms with van der Waals surface area (Å²) in [5, 5.41) is 6.27. The van der Waals surface area contributed by atoms with Crippen molar-refractivity contribution in [1.82, 2.24) is 10.6 Å². The fourth-order valence-electron chi connectivity index (χ4n) is 2.54. The molecular formula is C20H26F2IN3O3. The molecule has 0 heterocycles. The zero-order valence-corrected chi connectivity index (χ0v) is 18.9. The number of hydrogen-bond acceptors (Lipinski definition) is 4. The van der Waals surface area contributed by atoms with Gasteiger partial charge in [0, 0.05) is 32.8 Å². The highest BCUT2D eigenvalue weighted by atomic mass is 127. The van der Waals surface area contributed by atoms with Crippen LogP contribution in [0.2, 0.25) is 0 Å². The smallest absolute Gasteiger partial charge is 0.387 e. The van der Waals surface area contributed by atoms with E-state index in [-0.39, 0.29) is 36.3 Å². The van der Waals surface area contributed by atoms with Gasteiger partial charge in [-0.25, -0.2) is 0 Å². The number of hydrogen-bond donors (Lipinski definition) is 2. The van der Waals surface area contributed by atoms with Gasteiger partial charge in [0.15, 0.2) is 5.96 Å². The Kier molecular flexibility index (Phi) is 11.3. The van der Waals surface area contributed by atoms with E-state index >= 15 is 0 Å². The van der Waals surface area contributed by atoms with E-state index in [0.29, 0.717) is 30.4 Å². The summed E-state index contributed by atoms with van der Waals surface area (Å²) in [6.45, 7) is -1.52. The maximum Gasteiger partial charge on any atom is 0.387 e. The summed E-state index contributed by atoms with van der Waals surface area (Å²) in [7, 11) is 4.81. The molecule has 0 saturated heterocycles. The largest absolute Gasteiger partial charge is 0.497 e. The minimum atomic E-state index is -2.90. The first kappa shape index (κ1) is 24.9. The molecule has 2 aromatic rings. The molecule has 0 atom stereocenters. The first-order valence-electron chi connectivity index (χ1n) is 8.68. The number of halogens is 3. The molecule has 0 aromatic heterocycles. The van der Waals surface area contributed by atoms with E-state index in [4.69, 9.17) is 9.47 Å². The third-order valence-corrected chi connectivity index (χ3v) is 3.95. The molecule has 2 aromatic carbocycles. The molecule has 0 unspecified atom stereocenters. The second kappa shape index (κ2) is 13.2. The Labute approximate surface area is 186 Å². The van der Waals surface area contributed by atoms with Crippen molar-refractivity contribution in [3.63, 3.8) is 0 Å².